The molecular formula is C21H22N6O3S. The van der Waals surface area contributed by atoms with Crippen LogP contribution < -0.4 is 11.3 Å². The molecule has 1 aliphatic rings. The molecule has 4 aromatic rings. The van der Waals surface area contributed by atoms with Gasteiger partial charge in [0.25, 0.3) is 0 Å². The summed E-state index contributed by atoms with van der Waals surface area (Å²) in [5.41, 5.74) is 7.81. The Kier molecular flexibility index (Phi) is 4.73. The Morgan fingerprint density at radius 2 is 2.00 bits per heavy atom. The summed E-state index contributed by atoms with van der Waals surface area (Å²) in [6.07, 6.45) is 4.98. The molecule has 0 radical (unpaired) electrons. The maximum atomic E-state index is 13.4. The van der Waals surface area contributed by atoms with Gasteiger partial charge >= 0.3 is 11.4 Å². The van der Waals surface area contributed by atoms with Gasteiger partial charge in [-0.25, -0.2) is 4.98 Å². The van der Waals surface area contributed by atoms with Crippen molar-refractivity contribution in [2.45, 2.75) is 51.6 Å². The fourth-order valence-electron chi connectivity index (χ4n) is 4.62. The number of aryl methyl sites for hydroxylation is 1. The SMILES string of the molecule is CCn1nc([N+](=O)[O-])c2c(-c3nc4ccccc4s3)c(N)n(C3CCCCC3)c2c1=O. The summed E-state index contributed by atoms with van der Waals surface area (Å²) in [6.45, 7) is 1.98. The van der Waals surface area contributed by atoms with Gasteiger partial charge in [0, 0.05) is 6.04 Å². The van der Waals surface area contributed by atoms with Crippen molar-refractivity contribution in [2.24, 2.45) is 0 Å². The zero-order chi connectivity index (χ0) is 21.7. The zero-order valence-corrected chi connectivity index (χ0v) is 17.9. The standard InChI is InChI=1S/C21H22N6O3S/c1-2-25-21(28)17-15(19(24-25)27(29)30)16(18(22)26(17)12-8-4-3-5-9-12)20-23-13-10-6-7-11-14(13)31-20/h6-7,10-12H,2-5,8-9,22H2,1H3. The lowest BCUT2D eigenvalue weighted by Gasteiger charge is -2.25. The smallest absolute Gasteiger partial charge is 0.384 e. The normalized spacial score (nSPS) is 15.1. The number of hydrogen-bond acceptors (Lipinski definition) is 7. The summed E-state index contributed by atoms with van der Waals surface area (Å²) in [4.78, 5) is 29.5. The van der Waals surface area contributed by atoms with Gasteiger partial charge in [-0.2, -0.15) is 0 Å². The van der Waals surface area contributed by atoms with Crippen LogP contribution in [-0.4, -0.2) is 24.3 Å². The lowest BCUT2D eigenvalue weighted by molar-refractivity contribution is -0.388. The second-order valence-corrected chi connectivity index (χ2v) is 8.86. The van der Waals surface area contributed by atoms with E-state index in [9.17, 15) is 14.9 Å². The number of anilines is 1. The van der Waals surface area contributed by atoms with Gasteiger partial charge in [0.05, 0.1) is 27.4 Å². The largest absolute Gasteiger partial charge is 0.398 e. The van der Waals surface area contributed by atoms with Gasteiger partial charge in [0.15, 0.2) is 0 Å². The maximum Gasteiger partial charge on any atom is 0.398 e. The van der Waals surface area contributed by atoms with Gasteiger partial charge in [-0.1, -0.05) is 31.4 Å². The Morgan fingerprint density at radius 3 is 2.68 bits per heavy atom. The summed E-state index contributed by atoms with van der Waals surface area (Å²) in [5.74, 6) is 0.00350. The number of thiazole rings is 1. The number of nitrogens with two attached hydrogens (primary N) is 1. The third kappa shape index (κ3) is 3.01. The van der Waals surface area contributed by atoms with E-state index in [4.69, 9.17) is 10.7 Å². The van der Waals surface area contributed by atoms with Crippen LogP contribution >= 0.6 is 11.3 Å². The first-order valence-electron chi connectivity index (χ1n) is 10.5. The average molecular weight is 439 g/mol. The van der Waals surface area contributed by atoms with E-state index < -0.39 is 4.92 Å². The third-order valence-corrected chi connectivity index (χ3v) is 7.09. The van der Waals surface area contributed by atoms with Gasteiger partial charge in [-0.15, -0.1) is 16.0 Å². The van der Waals surface area contributed by atoms with E-state index in [-0.39, 0.29) is 34.9 Å². The number of rotatable bonds is 4. The molecule has 3 heterocycles. The van der Waals surface area contributed by atoms with Crippen LogP contribution in [0.2, 0.25) is 0 Å². The number of hydrogen-bond donors (Lipinski definition) is 1. The van der Waals surface area contributed by atoms with Crippen LogP contribution in [0.25, 0.3) is 31.7 Å². The molecule has 0 bridgehead atoms. The van der Waals surface area contributed by atoms with Crippen LogP contribution in [0.15, 0.2) is 29.1 Å². The maximum absolute atomic E-state index is 13.4. The Hall–Kier alpha value is -3.27. The number of para-hydroxylation sites is 1. The van der Waals surface area contributed by atoms with Crippen LogP contribution in [0, 0.1) is 10.1 Å². The highest BCUT2D eigenvalue weighted by Crippen LogP contribution is 2.45. The van der Waals surface area contributed by atoms with E-state index in [2.05, 4.69) is 5.10 Å². The van der Waals surface area contributed by atoms with E-state index >= 15 is 0 Å². The molecule has 1 fully saturated rings. The number of benzene rings is 1. The van der Waals surface area contributed by atoms with E-state index in [0.29, 0.717) is 16.4 Å². The molecule has 0 aliphatic heterocycles. The second-order valence-electron chi connectivity index (χ2n) is 7.83. The van der Waals surface area contributed by atoms with Crippen LogP contribution in [0.1, 0.15) is 45.1 Å². The Bertz CT molecular complexity index is 1350. The van der Waals surface area contributed by atoms with Crippen molar-refractivity contribution in [1.82, 2.24) is 19.3 Å². The minimum absolute atomic E-state index is 0.0272. The Morgan fingerprint density at radius 1 is 1.26 bits per heavy atom. The van der Waals surface area contributed by atoms with Crippen molar-refractivity contribution in [3.63, 3.8) is 0 Å². The molecule has 0 saturated heterocycles. The molecule has 1 saturated carbocycles. The molecule has 31 heavy (non-hydrogen) atoms. The number of fused-ring (bicyclic) bond motifs is 2. The molecule has 0 unspecified atom stereocenters. The fourth-order valence-corrected chi connectivity index (χ4v) is 5.65. The van der Waals surface area contributed by atoms with Crippen molar-refractivity contribution in [1.29, 1.82) is 0 Å². The molecule has 5 rings (SSSR count). The number of nitrogens with zero attached hydrogens (tertiary/aromatic N) is 5. The van der Waals surface area contributed by atoms with Crippen LogP contribution in [0.5, 0.6) is 0 Å². The monoisotopic (exact) mass is 438 g/mol. The lowest BCUT2D eigenvalue weighted by Crippen LogP contribution is -2.26. The molecule has 3 aromatic heterocycles. The number of nitro groups is 1. The molecule has 1 aromatic carbocycles. The Balaban J connectivity index is 1.92. The van der Waals surface area contributed by atoms with Crippen molar-refractivity contribution in [2.75, 3.05) is 5.73 Å². The molecule has 1 aliphatic carbocycles. The van der Waals surface area contributed by atoms with Crippen molar-refractivity contribution in [3.05, 3.63) is 44.7 Å². The summed E-state index contributed by atoms with van der Waals surface area (Å²) in [5, 5.41) is 16.8. The predicted octanol–water partition coefficient (Wildman–Crippen LogP) is 4.49. The van der Waals surface area contributed by atoms with Crippen LogP contribution in [-0.2, 0) is 6.54 Å². The molecule has 9 nitrogen and oxygen atoms in total. The highest BCUT2D eigenvalue weighted by atomic mass is 32.1. The van der Waals surface area contributed by atoms with Gasteiger partial charge in [-0.3, -0.25) is 4.79 Å². The molecule has 0 amide bonds. The highest BCUT2D eigenvalue weighted by molar-refractivity contribution is 7.21. The van der Waals surface area contributed by atoms with Gasteiger partial charge in [-0.05, 0) is 36.8 Å². The second kappa shape index (κ2) is 7.45. The van der Waals surface area contributed by atoms with E-state index in [1.165, 1.54) is 11.3 Å². The quantitative estimate of drug-likeness (QED) is 0.370. The van der Waals surface area contributed by atoms with Crippen LogP contribution in [0.3, 0.4) is 0 Å². The molecule has 160 valence electrons. The molecule has 10 heteroatoms. The van der Waals surface area contributed by atoms with Crippen LogP contribution in [0.4, 0.5) is 11.6 Å². The minimum atomic E-state index is -0.532. The van der Waals surface area contributed by atoms with Crippen molar-refractivity contribution < 1.29 is 4.92 Å². The van der Waals surface area contributed by atoms with Crippen molar-refractivity contribution >= 4 is 44.1 Å². The first kappa shape index (κ1) is 19.7. The van der Waals surface area contributed by atoms with Gasteiger partial charge in [0.1, 0.15) is 21.7 Å². The predicted molar refractivity (Wildman–Crippen MR) is 121 cm³/mol. The third-order valence-electron chi connectivity index (χ3n) is 6.04. The summed E-state index contributed by atoms with van der Waals surface area (Å²) >= 11 is 1.41. The number of aromatic nitrogens is 4. The topological polar surface area (TPSA) is 122 Å². The number of nitrogen functional groups attached to an aromatic ring is 1. The summed E-state index contributed by atoms with van der Waals surface area (Å²) < 4.78 is 3.94. The van der Waals surface area contributed by atoms with E-state index in [1.54, 1.807) is 6.92 Å². The van der Waals surface area contributed by atoms with E-state index in [1.807, 2.05) is 28.8 Å². The summed E-state index contributed by atoms with van der Waals surface area (Å²) in [6, 6.07) is 7.68. The van der Waals surface area contributed by atoms with Gasteiger partial charge < -0.3 is 20.4 Å². The average Bonchev–Trinajstić information content (AvgIpc) is 3.33. The van der Waals surface area contributed by atoms with Gasteiger partial charge in [0.2, 0.25) is 0 Å². The van der Waals surface area contributed by atoms with E-state index in [0.717, 1.165) is 47.0 Å². The minimum Gasteiger partial charge on any atom is -0.384 e. The molecule has 2 N–H and O–H groups in total. The van der Waals surface area contributed by atoms with Crippen molar-refractivity contribution in [3.8, 4) is 10.6 Å². The molecule has 0 spiro atoms. The molecular weight excluding hydrogens is 416 g/mol. The highest BCUT2D eigenvalue weighted by Gasteiger charge is 2.34. The lowest BCUT2D eigenvalue weighted by atomic mass is 9.95. The fraction of sp³-hybridized carbons (Fsp3) is 0.381. The molecule has 0 atom stereocenters. The zero-order valence-electron chi connectivity index (χ0n) is 17.1. The first-order chi connectivity index (χ1) is 15.0. The Labute approximate surface area is 181 Å². The first-order valence-corrected chi connectivity index (χ1v) is 11.3. The summed E-state index contributed by atoms with van der Waals surface area (Å²) in [7, 11) is 0.